The van der Waals surface area contributed by atoms with Crippen molar-refractivity contribution in [1.82, 2.24) is 20.2 Å². The van der Waals surface area contributed by atoms with E-state index in [1.807, 2.05) is 6.92 Å². The molecule has 1 aliphatic carbocycles. The van der Waals surface area contributed by atoms with E-state index in [1.165, 1.54) is 12.8 Å². The van der Waals surface area contributed by atoms with Gasteiger partial charge in [0, 0.05) is 37.8 Å². The Hall–Kier alpha value is -1.85. The first-order valence-electron chi connectivity index (χ1n) is 7.58. The summed E-state index contributed by atoms with van der Waals surface area (Å²) in [4.78, 5) is 32.6. The number of aromatic amines is 1. The number of amides is 2. The number of H-pyrrole nitrogens is 1. The van der Waals surface area contributed by atoms with Gasteiger partial charge in [0.05, 0.1) is 6.54 Å². The van der Waals surface area contributed by atoms with Crippen LogP contribution in [0.2, 0.25) is 0 Å². The molecule has 2 N–H and O–H groups in total. The van der Waals surface area contributed by atoms with Crippen LogP contribution in [0.3, 0.4) is 0 Å². The van der Waals surface area contributed by atoms with Crippen molar-refractivity contribution in [2.24, 2.45) is 0 Å². The fourth-order valence-electron chi connectivity index (χ4n) is 2.64. The number of hydrogen-bond acceptors (Lipinski definition) is 3. The fraction of sp³-hybridized carbons (Fsp3) is 0.667. The Morgan fingerprint density at radius 1 is 1.38 bits per heavy atom. The van der Waals surface area contributed by atoms with Gasteiger partial charge in [-0.2, -0.15) is 0 Å². The smallest absolute Gasteiger partial charge is 0.223 e. The monoisotopic (exact) mass is 292 g/mol. The molecule has 1 saturated carbocycles. The van der Waals surface area contributed by atoms with E-state index in [2.05, 4.69) is 15.3 Å². The molecule has 0 unspecified atom stereocenters. The van der Waals surface area contributed by atoms with Crippen LogP contribution in [-0.4, -0.2) is 39.8 Å². The third-order valence-electron chi connectivity index (χ3n) is 3.85. The quantitative estimate of drug-likeness (QED) is 0.834. The third kappa shape index (κ3) is 4.88. The summed E-state index contributed by atoms with van der Waals surface area (Å²) in [5.74, 6) is 0.710. The summed E-state index contributed by atoms with van der Waals surface area (Å²) in [7, 11) is 1.73. The van der Waals surface area contributed by atoms with Crippen molar-refractivity contribution in [1.29, 1.82) is 0 Å². The highest BCUT2D eigenvalue weighted by Crippen LogP contribution is 2.17. The van der Waals surface area contributed by atoms with Crippen molar-refractivity contribution in [3.05, 3.63) is 17.7 Å². The van der Waals surface area contributed by atoms with Crippen molar-refractivity contribution < 1.29 is 9.59 Å². The number of aromatic nitrogens is 2. The second-order valence-corrected chi connectivity index (χ2v) is 5.81. The van der Waals surface area contributed by atoms with E-state index in [9.17, 15) is 9.59 Å². The highest BCUT2D eigenvalue weighted by atomic mass is 16.2. The molecule has 2 rings (SSSR count). The van der Waals surface area contributed by atoms with Gasteiger partial charge in [-0.25, -0.2) is 4.98 Å². The van der Waals surface area contributed by atoms with Gasteiger partial charge in [-0.1, -0.05) is 12.8 Å². The average molecular weight is 292 g/mol. The molecule has 0 saturated heterocycles. The van der Waals surface area contributed by atoms with Crippen LogP contribution in [0.5, 0.6) is 0 Å². The van der Waals surface area contributed by atoms with Gasteiger partial charge in [0.2, 0.25) is 11.8 Å². The summed E-state index contributed by atoms with van der Waals surface area (Å²) in [5.41, 5.74) is 0.974. The van der Waals surface area contributed by atoms with Gasteiger partial charge in [-0.3, -0.25) is 9.59 Å². The summed E-state index contributed by atoms with van der Waals surface area (Å²) < 4.78 is 0. The maximum Gasteiger partial charge on any atom is 0.223 e. The van der Waals surface area contributed by atoms with E-state index in [-0.39, 0.29) is 24.7 Å². The first-order chi connectivity index (χ1) is 10.0. The highest BCUT2D eigenvalue weighted by molar-refractivity contribution is 5.83. The van der Waals surface area contributed by atoms with Gasteiger partial charge in [-0.15, -0.1) is 0 Å². The molecule has 1 heterocycles. The molecule has 0 radical (unpaired) electrons. The van der Waals surface area contributed by atoms with Crippen LogP contribution in [0.15, 0.2) is 6.20 Å². The zero-order valence-corrected chi connectivity index (χ0v) is 12.8. The minimum Gasteiger partial charge on any atom is -0.353 e. The molecule has 1 aromatic rings. The van der Waals surface area contributed by atoms with Gasteiger partial charge >= 0.3 is 0 Å². The van der Waals surface area contributed by atoms with Crippen LogP contribution in [0.4, 0.5) is 0 Å². The molecule has 0 bridgehead atoms. The Balaban J connectivity index is 1.69. The summed E-state index contributed by atoms with van der Waals surface area (Å²) in [6.07, 6.45) is 6.76. The lowest BCUT2D eigenvalue weighted by molar-refractivity contribution is -0.133. The number of imidazole rings is 1. The second-order valence-electron chi connectivity index (χ2n) is 5.81. The Bertz CT molecular complexity index is 492. The minimum atomic E-state index is -0.0365. The van der Waals surface area contributed by atoms with E-state index in [0.717, 1.165) is 24.4 Å². The first kappa shape index (κ1) is 15.5. The van der Waals surface area contributed by atoms with Crippen molar-refractivity contribution in [2.75, 3.05) is 7.05 Å². The van der Waals surface area contributed by atoms with Crippen molar-refractivity contribution >= 4 is 11.8 Å². The van der Waals surface area contributed by atoms with Crippen LogP contribution in [-0.2, 0) is 16.1 Å². The molecule has 6 nitrogen and oxygen atoms in total. The fourth-order valence-corrected chi connectivity index (χ4v) is 2.64. The van der Waals surface area contributed by atoms with Gasteiger partial charge in [0.15, 0.2) is 0 Å². The van der Waals surface area contributed by atoms with Crippen LogP contribution in [0, 0.1) is 6.92 Å². The molecular formula is C15H24N4O2. The Morgan fingerprint density at radius 2 is 2.10 bits per heavy atom. The van der Waals surface area contributed by atoms with Crippen LogP contribution >= 0.6 is 0 Å². The topological polar surface area (TPSA) is 78.1 Å². The number of carbonyl (C=O) groups excluding carboxylic acids is 2. The number of hydrogen-bond donors (Lipinski definition) is 2. The Labute approximate surface area is 125 Å². The van der Waals surface area contributed by atoms with Gasteiger partial charge in [0.25, 0.3) is 0 Å². The predicted molar refractivity (Wildman–Crippen MR) is 79.4 cm³/mol. The van der Waals surface area contributed by atoms with E-state index < -0.39 is 0 Å². The number of rotatable bonds is 6. The average Bonchev–Trinajstić information content (AvgIpc) is 3.08. The van der Waals surface area contributed by atoms with Gasteiger partial charge < -0.3 is 15.2 Å². The molecule has 1 aromatic heterocycles. The molecule has 116 valence electrons. The largest absolute Gasteiger partial charge is 0.353 e. The lowest BCUT2D eigenvalue weighted by atomic mass is 10.2. The van der Waals surface area contributed by atoms with E-state index in [0.29, 0.717) is 12.6 Å². The molecular weight excluding hydrogens is 268 g/mol. The lowest BCUT2D eigenvalue weighted by Gasteiger charge is -2.16. The van der Waals surface area contributed by atoms with E-state index in [4.69, 9.17) is 0 Å². The zero-order valence-electron chi connectivity index (χ0n) is 12.8. The first-order valence-corrected chi connectivity index (χ1v) is 7.58. The van der Waals surface area contributed by atoms with E-state index in [1.54, 1.807) is 18.1 Å². The number of carbonyl (C=O) groups is 2. The molecule has 0 aromatic carbocycles. The van der Waals surface area contributed by atoms with Gasteiger partial charge in [0.1, 0.15) is 5.82 Å². The summed E-state index contributed by atoms with van der Waals surface area (Å²) >= 11 is 0. The molecule has 0 atom stereocenters. The molecule has 2 amide bonds. The second kappa shape index (κ2) is 7.24. The summed E-state index contributed by atoms with van der Waals surface area (Å²) in [6.45, 7) is 2.36. The maximum atomic E-state index is 12.0. The molecule has 0 aliphatic heterocycles. The molecule has 1 fully saturated rings. The lowest BCUT2D eigenvalue weighted by Crippen LogP contribution is -2.34. The standard InChI is InChI=1S/C15H24N4O2/c1-11-9-16-13(17-11)10-19(2)15(21)8-7-14(20)18-12-5-3-4-6-12/h9,12H,3-8,10H2,1-2H3,(H,16,17)(H,18,20). The summed E-state index contributed by atoms with van der Waals surface area (Å²) in [5, 5.41) is 3.00. The van der Waals surface area contributed by atoms with Crippen LogP contribution in [0.25, 0.3) is 0 Å². The predicted octanol–water partition coefficient (Wildman–Crippen LogP) is 1.52. The number of nitrogens with one attached hydrogen (secondary N) is 2. The molecule has 1 aliphatic rings. The highest BCUT2D eigenvalue weighted by Gasteiger charge is 2.18. The minimum absolute atomic E-state index is 0.0162. The van der Waals surface area contributed by atoms with Crippen molar-refractivity contribution in [2.45, 2.75) is 58.0 Å². The molecule has 21 heavy (non-hydrogen) atoms. The Morgan fingerprint density at radius 3 is 2.71 bits per heavy atom. The SMILES string of the molecule is Cc1cnc(CN(C)C(=O)CCC(=O)NC2CCCC2)[nH]1. The van der Waals surface area contributed by atoms with Gasteiger partial charge in [-0.05, 0) is 19.8 Å². The molecule has 0 spiro atoms. The Kier molecular flexibility index (Phi) is 5.36. The van der Waals surface area contributed by atoms with Crippen LogP contribution in [0.1, 0.15) is 50.0 Å². The normalized spacial score (nSPS) is 15.1. The van der Waals surface area contributed by atoms with Crippen molar-refractivity contribution in [3.63, 3.8) is 0 Å². The number of aryl methyl sites for hydroxylation is 1. The maximum absolute atomic E-state index is 12.0. The number of nitrogens with zero attached hydrogens (tertiary/aromatic N) is 2. The summed E-state index contributed by atoms with van der Waals surface area (Å²) in [6, 6.07) is 0.316. The van der Waals surface area contributed by atoms with E-state index >= 15 is 0 Å². The van der Waals surface area contributed by atoms with Crippen molar-refractivity contribution in [3.8, 4) is 0 Å². The molecule has 6 heteroatoms. The third-order valence-corrected chi connectivity index (χ3v) is 3.85. The van der Waals surface area contributed by atoms with Crippen LogP contribution < -0.4 is 5.32 Å². The zero-order chi connectivity index (χ0) is 15.2.